The zero-order chi connectivity index (χ0) is 28.0. The van der Waals surface area contributed by atoms with Crippen molar-refractivity contribution in [2.45, 2.75) is 109 Å². The third-order valence-corrected chi connectivity index (χ3v) is 8.13. The first kappa shape index (κ1) is 29.9. The number of carboxylic acid groups (broad SMARTS) is 1. The monoisotopic (exact) mass is 535 g/mol. The summed E-state index contributed by atoms with van der Waals surface area (Å²) in [7, 11) is 0. The van der Waals surface area contributed by atoms with Crippen LogP contribution in [-0.2, 0) is 24.0 Å². The van der Waals surface area contributed by atoms with Crippen molar-refractivity contribution in [1.29, 1.82) is 0 Å². The molecule has 0 aliphatic carbocycles. The van der Waals surface area contributed by atoms with E-state index in [1.165, 1.54) is 4.90 Å². The van der Waals surface area contributed by atoms with Crippen LogP contribution in [0.2, 0.25) is 0 Å². The van der Waals surface area contributed by atoms with Gasteiger partial charge >= 0.3 is 5.97 Å². The Labute approximate surface area is 225 Å². The number of carbonyl (C=O) groups is 5. The van der Waals surface area contributed by atoms with Crippen LogP contribution in [0.1, 0.15) is 79.1 Å². The van der Waals surface area contributed by atoms with Gasteiger partial charge in [-0.2, -0.15) is 0 Å². The predicted octanol–water partition coefficient (Wildman–Crippen LogP) is 0.867. The molecule has 0 unspecified atom stereocenters. The molecular formula is C27H45N5O6. The lowest BCUT2D eigenvalue weighted by atomic mass is 9.96. The standard InChI is InChI=1S/C27H45N5O6/c1-5-17(4)22(26(36)32-14-8-11-21(32)27(37)38)30-24(34)20-10-7-13-31(20)25(35)19(15-16(2)3)29-23(33)18-9-6-12-28-18/h16-22,28H,5-15H2,1-4H3,(H,29,33)(H,30,34)(H,37,38)/t17-,18+,19-,20-,21-,22-/m0/s1. The van der Waals surface area contributed by atoms with Crippen LogP contribution >= 0.6 is 0 Å². The van der Waals surface area contributed by atoms with Crippen LogP contribution < -0.4 is 16.0 Å². The molecule has 11 nitrogen and oxygen atoms in total. The van der Waals surface area contributed by atoms with Crippen molar-refractivity contribution < 1.29 is 29.1 Å². The lowest BCUT2D eigenvalue weighted by Gasteiger charge is -2.33. The highest BCUT2D eigenvalue weighted by molar-refractivity contribution is 5.96. The number of carboxylic acids is 1. The summed E-state index contributed by atoms with van der Waals surface area (Å²) in [5.74, 6) is -2.36. The van der Waals surface area contributed by atoms with E-state index in [1.807, 2.05) is 27.7 Å². The van der Waals surface area contributed by atoms with E-state index in [0.29, 0.717) is 51.6 Å². The number of amides is 4. The van der Waals surface area contributed by atoms with Gasteiger partial charge in [0, 0.05) is 13.1 Å². The van der Waals surface area contributed by atoms with E-state index < -0.39 is 36.0 Å². The molecule has 0 aromatic carbocycles. The minimum Gasteiger partial charge on any atom is -0.480 e. The second-order valence-electron chi connectivity index (χ2n) is 11.4. The van der Waals surface area contributed by atoms with E-state index in [0.717, 1.165) is 19.4 Å². The van der Waals surface area contributed by atoms with Gasteiger partial charge in [-0.25, -0.2) is 4.79 Å². The largest absolute Gasteiger partial charge is 0.480 e. The molecule has 3 aliphatic rings. The Morgan fingerprint density at radius 2 is 1.50 bits per heavy atom. The van der Waals surface area contributed by atoms with E-state index >= 15 is 0 Å². The quantitative estimate of drug-likeness (QED) is 0.307. The van der Waals surface area contributed by atoms with Gasteiger partial charge in [-0.3, -0.25) is 19.2 Å². The van der Waals surface area contributed by atoms with Crippen LogP contribution in [0.3, 0.4) is 0 Å². The van der Waals surface area contributed by atoms with E-state index in [9.17, 15) is 29.1 Å². The summed E-state index contributed by atoms with van der Waals surface area (Å²) in [6.45, 7) is 9.27. The molecule has 0 aromatic rings. The Balaban J connectivity index is 1.73. The summed E-state index contributed by atoms with van der Waals surface area (Å²) in [6, 6.07) is -3.54. The van der Waals surface area contributed by atoms with Crippen molar-refractivity contribution in [2.75, 3.05) is 19.6 Å². The fraction of sp³-hybridized carbons (Fsp3) is 0.815. The molecule has 214 valence electrons. The Hall–Kier alpha value is -2.69. The summed E-state index contributed by atoms with van der Waals surface area (Å²) >= 11 is 0. The average Bonchev–Trinajstić information content (AvgIpc) is 3.66. The van der Waals surface area contributed by atoms with Crippen molar-refractivity contribution >= 4 is 29.6 Å². The number of rotatable bonds is 11. The van der Waals surface area contributed by atoms with Gasteiger partial charge < -0.3 is 30.9 Å². The summed E-state index contributed by atoms with van der Waals surface area (Å²) in [5.41, 5.74) is 0. The van der Waals surface area contributed by atoms with Crippen LogP contribution in [0.25, 0.3) is 0 Å². The lowest BCUT2D eigenvalue weighted by molar-refractivity contribution is -0.150. The highest BCUT2D eigenvalue weighted by Crippen LogP contribution is 2.24. The predicted molar refractivity (Wildman–Crippen MR) is 141 cm³/mol. The molecule has 6 atom stereocenters. The molecular weight excluding hydrogens is 490 g/mol. The molecule has 0 saturated carbocycles. The third kappa shape index (κ3) is 7.03. The SMILES string of the molecule is CC[C@H](C)[C@H](NC(=O)[C@@H]1CCCN1C(=O)[C@H](CC(C)C)NC(=O)[C@H]1CCCN1)C(=O)N1CCC[C@H]1C(=O)O. The van der Waals surface area contributed by atoms with E-state index in [1.54, 1.807) is 4.90 Å². The van der Waals surface area contributed by atoms with Crippen molar-refractivity contribution in [3.05, 3.63) is 0 Å². The normalized spacial score (nSPS) is 25.8. The Morgan fingerprint density at radius 3 is 2.05 bits per heavy atom. The minimum atomic E-state index is -1.04. The van der Waals surface area contributed by atoms with Crippen LogP contribution in [0, 0.1) is 11.8 Å². The second kappa shape index (κ2) is 13.4. The molecule has 0 spiro atoms. The first-order chi connectivity index (χ1) is 18.0. The van der Waals surface area contributed by atoms with Crippen molar-refractivity contribution in [3.8, 4) is 0 Å². The lowest BCUT2D eigenvalue weighted by Crippen LogP contribution is -2.59. The zero-order valence-corrected chi connectivity index (χ0v) is 23.2. The molecule has 38 heavy (non-hydrogen) atoms. The minimum absolute atomic E-state index is 0.158. The van der Waals surface area contributed by atoms with Crippen LogP contribution in [0.5, 0.6) is 0 Å². The topological polar surface area (TPSA) is 148 Å². The molecule has 3 fully saturated rings. The van der Waals surface area contributed by atoms with Gasteiger partial charge in [0.15, 0.2) is 0 Å². The van der Waals surface area contributed by atoms with Gasteiger partial charge in [-0.05, 0) is 63.3 Å². The van der Waals surface area contributed by atoms with Gasteiger partial charge in [-0.15, -0.1) is 0 Å². The average molecular weight is 536 g/mol. The smallest absolute Gasteiger partial charge is 0.326 e. The number of nitrogens with one attached hydrogen (secondary N) is 3. The Kier molecular flexibility index (Phi) is 10.5. The first-order valence-corrected chi connectivity index (χ1v) is 14.2. The summed E-state index contributed by atoms with van der Waals surface area (Å²) in [5, 5.41) is 18.5. The van der Waals surface area contributed by atoms with Crippen LogP contribution in [0.15, 0.2) is 0 Å². The molecule has 3 rings (SSSR count). The molecule has 4 N–H and O–H groups in total. The summed E-state index contributed by atoms with van der Waals surface area (Å²) < 4.78 is 0. The van der Waals surface area contributed by atoms with Gasteiger partial charge in [0.25, 0.3) is 0 Å². The number of likely N-dealkylation sites (tertiary alicyclic amines) is 2. The van der Waals surface area contributed by atoms with E-state index in [-0.39, 0.29) is 35.6 Å². The summed E-state index contributed by atoms with van der Waals surface area (Å²) in [6.07, 6.45) is 4.83. The van der Waals surface area contributed by atoms with Crippen molar-refractivity contribution in [2.24, 2.45) is 11.8 Å². The highest BCUT2D eigenvalue weighted by Gasteiger charge is 2.42. The fourth-order valence-electron chi connectivity index (χ4n) is 5.78. The van der Waals surface area contributed by atoms with E-state index in [4.69, 9.17) is 0 Å². The molecule has 3 heterocycles. The molecule has 11 heteroatoms. The molecule has 4 amide bonds. The maximum Gasteiger partial charge on any atom is 0.326 e. The maximum atomic E-state index is 13.7. The maximum absolute atomic E-state index is 13.7. The molecule has 0 bridgehead atoms. The highest BCUT2D eigenvalue weighted by atomic mass is 16.4. The molecule has 0 radical (unpaired) electrons. The number of hydrogen-bond acceptors (Lipinski definition) is 6. The number of hydrogen-bond donors (Lipinski definition) is 4. The Bertz CT molecular complexity index is 889. The fourth-order valence-corrected chi connectivity index (χ4v) is 5.78. The van der Waals surface area contributed by atoms with Crippen LogP contribution in [0.4, 0.5) is 0 Å². The molecule has 3 saturated heterocycles. The third-order valence-electron chi connectivity index (χ3n) is 8.13. The van der Waals surface area contributed by atoms with Gasteiger partial charge in [0.2, 0.25) is 23.6 Å². The number of nitrogens with zero attached hydrogens (tertiary/aromatic N) is 2. The summed E-state index contributed by atoms with van der Waals surface area (Å²) in [4.78, 5) is 67.9. The molecule has 0 aromatic heterocycles. The van der Waals surface area contributed by atoms with Gasteiger partial charge in [0.05, 0.1) is 6.04 Å². The van der Waals surface area contributed by atoms with Gasteiger partial charge in [0.1, 0.15) is 24.2 Å². The van der Waals surface area contributed by atoms with Crippen molar-refractivity contribution in [3.63, 3.8) is 0 Å². The molecule has 3 aliphatic heterocycles. The van der Waals surface area contributed by atoms with Crippen molar-refractivity contribution in [1.82, 2.24) is 25.8 Å². The number of aliphatic carboxylic acids is 1. The van der Waals surface area contributed by atoms with E-state index in [2.05, 4.69) is 16.0 Å². The van der Waals surface area contributed by atoms with Gasteiger partial charge in [-0.1, -0.05) is 34.1 Å². The Morgan fingerprint density at radius 1 is 0.868 bits per heavy atom. The number of carbonyl (C=O) groups excluding carboxylic acids is 4. The van der Waals surface area contributed by atoms with Crippen LogP contribution in [-0.4, -0.2) is 94.3 Å². The second-order valence-corrected chi connectivity index (χ2v) is 11.4. The zero-order valence-electron chi connectivity index (χ0n) is 23.2. The first-order valence-electron chi connectivity index (χ1n) is 14.2.